The minimum Gasteiger partial charge on any atom is -0.495 e. The summed E-state index contributed by atoms with van der Waals surface area (Å²) in [7, 11) is 2.80. The van der Waals surface area contributed by atoms with Crippen LogP contribution >= 0.6 is 11.3 Å². The lowest BCUT2D eigenvalue weighted by Crippen LogP contribution is -2.11. The first kappa shape index (κ1) is 16.8. The molecule has 130 valence electrons. The highest BCUT2D eigenvalue weighted by Gasteiger charge is 2.15. The van der Waals surface area contributed by atoms with Crippen LogP contribution in [0.25, 0.3) is 0 Å². The van der Waals surface area contributed by atoms with E-state index in [9.17, 15) is 9.59 Å². The Kier molecular flexibility index (Phi) is 4.85. The second-order valence-corrected chi connectivity index (χ2v) is 5.74. The number of nitrogens with one attached hydrogen (secondary N) is 1. The Morgan fingerprint density at radius 3 is 2.92 bits per heavy atom. The van der Waals surface area contributed by atoms with Gasteiger partial charge in [-0.3, -0.25) is 9.48 Å². The van der Waals surface area contributed by atoms with Gasteiger partial charge in [-0.2, -0.15) is 5.10 Å². The number of aromatic nitrogens is 2. The SMILES string of the molecule is COC(=O)c1ccc(Cn2cc(NC(=O)c3cscc3OC)cn2)o1. The van der Waals surface area contributed by atoms with Crippen molar-refractivity contribution in [1.82, 2.24) is 9.78 Å². The van der Waals surface area contributed by atoms with Gasteiger partial charge in [0.15, 0.2) is 0 Å². The molecule has 0 fully saturated rings. The van der Waals surface area contributed by atoms with E-state index in [-0.39, 0.29) is 11.7 Å². The minimum absolute atomic E-state index is 0.128. The first-order valence-electron chi connectivity index (χ1n) is 7.21. The molecule has 1 N–H and O–H groups in total. The number of carbonyl (C=O) groups excluding carboxylic acids is 2. The number of carbonyl (C=O) groups is 2. The summed E-state index contributed by atoms with van der Waals surface area (Å²) in [5, 5.41) is 10.4. The molecule has 0 aliphatic rings. The van der Waals surface area contributed by atoms with Crippen molar-refractivity contribution in [3.05, 3.63) is 52.4 Å². The molecule has 0 unspecified atom stereocenters. The number of methoxy groups -OCH3 is 2. The van der Waals surface area contributed by atoms with Crippen molar-refractivity contribution in [2.24, 2.45) is 0 Å². The molecule has 8 nitrogen and oxygen atoms in total. The summed E-state index contributed by atoms with van der Waals surface area (Å²) in [6.07, 6.45) is 3.19. The predicted molar refractivity (Wildman–Crippen MR) is 90.2 cm³/mol. The molecule has 3 heterocycles. The van der Waals surface area contributed by atoms with Crippen LogP contribution < -0.4 is 10.1 Å². The quantitative estimate of drug-likeness (QED) is 0.678. The van der Waals surface area contributed by atoms with Gasteiger partial charge < -0.3 is 19.2 Å². The van der Waals surface area contributed by atoms with Crippen molar-refractivity contribution in [3.8, 4) is 5.75 Å². The number of thiophene rings is 1. The van der Waals surface area contributed by atoms with Crippen molar-refractivity contribution in [1.29, 1.82) is 0 Å². The lowest BCUT2D eigenvalue weighted by molar-refractivity contribution is 0.0562. The van der Waals surface area contributed by atoms with E-state index in [4.69, 9.17) is 9.15 Å². The van der Waals surface area contributed by atoms with Crippen molar-refractivity contribution in [2.75, 3.05) is 19.5 Å². The molecule has 3 aromatic rings. The Morgan fingerprint density at radius 1 is 1.32 bits per heavy atom. The third-order valence-corrected chi connectivity index (χ3v) is 4.07. The molecule has 0 saturated heterocycles. The monoisotopic (exact) mass is 361 g/mol. The molecule has 9 heteroatoms. The van der Waals surface area contributed by atoms with E-state index >= 15 is 0 Å². The smallest absolute Gasteiger partial charge is 0.373 e. The molecule has 3 rings (SSSR count). The fraction of sp³-hybridized carbons (Fsp3) is 0.188. The van der Waals surface area contributed by atoms with Crippen molar-refractivity contribution >= 4 is 28.9 Å². The lowest BCUT2D eigenvalue weighted by atomic mass is 10.3. The van der Waals surface area contributed by atoms with Gasteiger partial charge in [0.25, 0.3) is 5.91 Å². The van der Waals surface area contributed by atoms with Crippen molar-refractivity contribution in [3.63, 3.8) is 0 Å². The van der Waals surface area contributed by atoms with Crippen LogP contribution in [0.5, 0.6) is 5.75 Å². The van der Waals surface area contributed by atoms with Crippen LogP contribution in [0, 0.1) is 0 Å². The van der Waals surface area contributed by atoms with Gasteiger partial charge in [0.1, 0.15) is 11.5 Å². The average Bonchev–Trinajstić information content (AvgIpc) is 3.34. The van der Waals surface area contributed by atoms with Gasteiger partial charge in [-0.15, -0.1) is 11.3 Å². The average molecular weight is 361 g/mol. The van der Waals surface area contributed by atoms with Crippen LogP contribution in [0.15, 0.2) is 39.7 Å². The number of anilines is 1. The van der Waals surface area contributed by atoms with Crippen LogP contribution in [-0.4, -0.2) is 35.9 Å². The maximum atomic E-state index is 12.2. The molecule has 0 saturated carbocycles. The number of furan rings is 1. The van der Waals surface area contributed by atoms with Crippen LogP contribution in [0.3, 0.4) is 0 Å². The summed E-state index contributed by atoms with van der Waals surface area (Å²) in [6.45, 7) is 0.314. The molecule has 0 aliphatic carbocycles. The molecule has 0 bridgehead atoms. The van der Waals surface area contributed by atoms with Gasteiger partial charge in [0.05, 0.1) is 38.2 Å². The third-order valence-electron chi connectivity index (χ3n) is 3.35. The van der Waals surface area contributed by atoms with Gasteiger partial charge >= 0.3 is 5.97 Å². The van der Waals surface area contributed by atoms with E-state index in [2.05, 4.69) is 15.2 Å². The van der Waals surface area contributed by atoms with Gasteiger partial charge in [-0.25, -0.2) is 4.79 Å². The Hall–Kier alpha value is -3.07. The second-order valence-electron chi connectivity index (χ2n) is 4.99. The maximum Gasteiger partial charge on any atom is 0.373 e. The number of ether oxygens (including phenoxy) is 2. The van der Waals surface area contributed by atoms with Crippen LogP contribution in [0.1, 0.15) is 26.7 Å². The van der Waals surface area contributed by atoms with Crippen LogP contribution in [0.4, 0.5) is 5.69 Å². The highest BCUT2D eigenvalue weighted by atomic mass is 32.1. The number of hydrogen-bond donors (Lipinski definition) is 1. The molecule has 0 atom stereocenters. The van der Waals surface area contributed by atoms with Crippen molar-refractivity contribution in [2.45, 2.75) is 6.54 Å². The molecular weight excluding hydrogens is 346 g/mol. The number of hydrogen-bond acceptors (Lipinski definition) is 7. The maximum absolute atomic E-state index is 12.2. The zero-order valence-corrected chi connectivity index (χ0v) is 14.3. The van der Waals surface area contributed by atoms with E-state index in [0.29, 0.717) is 29.3 Å². The first-order chi connectivity index (χ1) is 12.1. The third kappa shape index (κ3) is 3.72. The Labute approximate surface area is 147 Å². The minimum atomic E-state index is -0.538. The standard InChI is InChI=1S/C16H15N3O5S/c1-22-14-9-25-8-12(14)15(20)18-10-5-17-19(6-10)7-11-3-4-13(24-11)16(21)23-2/h3-6,8-9H,7H2,1-2H3,(H,18,20). The van der Waals surface area contributed by atoms with Gasteiger partial charge in [0, 0.05) is 17.0 Å². The first-order valence-corrected chi connectivity index (χ1v) is 8.16. The second kappa shape index (κ2) is 7.22. The zero-order chi connectivity index (χ0) is 17.8. The fourth-order valence-electron chi connectivity index (χ4n) is 2.15. The zero-order valence-electron chi connectivity index (χ0n) is 13.5. The van der Waals surface area contributed by atoms with Gasteiger partial charge in [-0.05, 0) is 12.1 Å². The van der Waals surface area contributed by atoms with E-state index < -0.39 is 5.97 Å². The lowest BCUT2D eigenvalue weighted by Gasteiger charge is -2.03. The molecule has 0 aromatic carbocycles. The number of amides is 1. The summed E-state index contributed by atoms with van der Waals surface area (Å²) in [4.78, 5) is 23.6. The number of nitrogens with zero attached hydrogens (tertiary/aromatic N) is 2. The highest BCUT2D eigenvalue weighted by Crippen LogP contribution is 2.24. The Morgan fingerprint density at radius 2 is 2.16 bits per heavy atom. The van der Waals surface area contributed by atoms with E-state index in [1.165, 1.54) is 37.8 Å². The summed E-state index contributed by atoms with van der Waals surface area (Å²) in [6, 6.07) is 3.21. The summed E-state index contributed by atoms with van der Waals surface area (Å²) < 4.78 is 16.7. The topological polar surface area (TPSA) is 95.6 Å². The molecular formula is C16H15N3O5S. The molecule has 0 spiro atoms. The molecule has 3 aromatic heterocycles. The number of esters is 1. The van der Waals surface area contributed by atoms with E-state index in [0.717, 1.165) is 0 Å². The molecule has 0 aliphatic heterocycles. The molecule has 1 amide bonds. The Balaban J connectivity index is 1.65. The number of rotatable bonds is 6. The Bertz CT molecular complexity index is 895. The van der Waals surface area contributed by atoms with Crippen molar-refractivity contribution < 1.29 is 23.5 Å². The highest BCUT2D eigenvalue weighted by molar-refractivity contribution is 7.08. The summed E-state index contributed by atoms with van der Waals surface area (Å²) in [5.74, 6) is 0.387. The normalized spacial score (nSPS) is 10.5. The van der Waals surface area contributed by atoms with Crippen LogP contribution in [0.2, 0.25) is 0 Å². The molecule has 0 radical (unpaired) electrons. The predicted octanol–water partition coefficient (Wildman–Crippen LogP) is 2.63. The summed E-state index contributed by atoms with van der Waals surface area (Å²) >= 11 is 1.39. The van der Waals surface area contributed by atoms with Crippen LogP contribution in [-0.2, 0) is 11.3 Å². The van der Waals surface area contributed by atoms with Gasteiger partial charge in [0.2, 0.25) is 5.76 Å². The van der Waals surface area contributed by atoms with Gasteiger partial charge in [-0.1, -0.05) is 0 Å². The van der Waals surface area contributed by atoms with E-state index in [1.807, 2.05) is 0 Å². The van der Waals surface area contributed by atoms with E-state index in [1.54, 1.807) is 27.7 Å². The summed E-state index contributed by atoms with van der Waals surface area (Å²) in [5.41, 5.74) is 1.01. The largest absolute Gasteiger partial charge is 0.495 e. The molecule has 25 heavy (non-hydrogen) atoms. The fourth-order valence-corrected chi connectivity index (χ4v) is 2.93.